The number of carboxylic acid groups (broad SMARTS) is 1. The highest BCUT2D eigenvalue weighted by Gasteiger charge is 2.42. The quantitative estimate of drug-likeness (QED) is 0.856. The van der Waals surface area contributed by atoms with Crippen molar-refractivity contribution < 1.29 is 19.0 Å². The largest absolute Gasteiger partial charge is 0.481 e. The molecule has 1 heterocycles. The van der Waals surface area contributed by atoms with Crippen LogP contribution in [0.1, 0.15) is 24.0 Å². The van der Waals surface area contributed by atoms with Gasteiger partial charge in [-0.05, 0) is 24.1 Å². The summed E-state index contributed by atoms with van der Waals surface area (Å²) in [4.78, 5) is 10.8. The molecule has 0 aromatic heterocycles. The van der Waals surface area contributed by atoms with Crippen LogP contribution < -0.4 is 0 Å². The van der Waals surface area contributed by atoms with Gasteiger partial charge in [-0.3, -0.25) is 4.79 Å². The van der Waals surface area contributed by atoms with E-state index in [1.807, 2.05) is 0 Å². The summed E-state index contributed by atoms with van der Waals surface area (Å²) in [5.41, 5.74) is 0.516. The molecule has 2 rings (SSSR count). The van der Waals surface area contributed by atoms with Gasteiger partial charge in [0.15, 0.2) is 0 Å². The first-order valence-corrected chi connectivity index (χ1v) is 5.16. The molecule has 1 aromatic rings. The van der Waals surface area contributed by atoms with Crippen molar-refractivity contribution in [2.45, 2.75) is 25.4 Å². The smallest absolute Gasteiger partial charge is 0.306 e. The highest BCUT2D eigenvalue weighted by molar-refractivity contribution is 5.69. The van der Waals surface area contributed by atoms with E-state index in [2.05, 4.69) is 0 Å². The molecule has 1 aromatic carbocycles. The van der Waals surface area contributed by atoms with Gasteiger partial charge in [0.25, 0.3) is 0 Å². The molecule has 1 atom stereocenters. The Kier molecular flexibility index (Phi) is 2.68. The van der Waals surface area contributed by atoms with Crippen LogP contribution in [0.4, 0.5) is 4.39 Å². The van der Waals surface area contributed by atoms with E-state index in [4.69, 9.17) is 9.84 Å². The Hall–Kier alpha value is -1.42. The van der Waals surface area contributed by atoms with Crippen molar-refractivity contribution in [1.82, 2.24) is 0 Å². The van der Waals surface area contributed by atoms with Crippen molar-refractivity contribution in [3.63, 3.8) is 0 Å². The molecule has 0 radical (unpaired) electrons. The summed E-state index contributed by atoms with van der Waals surface area (Å²) in [6, 6.07) is 4.62. The van der Waals surface area contributed by atoms with Gasteiger partial charge in [-0.15, -0.1) is 0 Å². The van der Waals surface area contributed by atoms with Crippen LogP contribution in [0.2, 0.25) is 0 Å². The highest BCUT2D eigenvalue weighted by atomic mass is 19.1. The monoisotopic (exact) mass is 224 g/mol. The number of benzene rings is 1. The minimum absolute atomic E-state index is 0.0714. The molecule has 86 valence electrons. The fourth-order valence-corrected chi connectivity index (χ4v) is 1.99. The Balaban J connectivity index is 2.33. The summed E-state index contributed by atoms with van der Waals surface area (Å²) in [7, 11) is 0. The van der Waals surface area contributed by atoms with Gasteiger partial charge in [-0.25, -0.2) is 4.39 Å². The molecule has 0 spiro atoms. The SMILES string of the molecule is Cc1cc(C2(CC(=O)O)CCO2)ccc1F. The minimum Gasteiger partial charge on any atom is -0.481 e. The van der Waals surface area contributed by atoms with E-state index < -0.39 is 11.6 Å². The maximum atomic E-state index is 13.1. The molecular formula is C12H13FO3. The fraction of sp³-hybridized carbons (Fsp3) is 0.417. The molecule has 1 fully saturated rings. The van der Waals surface area contributed by atoms with Gasteiger partial charge in [0, 0.05) is 6.42 Å². The molecule has 1 unspecified atom stereocenters. The molecule has 1 saturated heterocycles. The van der Waals surface area contributed by atoms with Crippen LogP contribution in [0, 0.1) is 12.7 Å². The van der Waals surface area contributed by atoms with E-state index in [1.165, 1.54) is 6.07 Å². The lowest BCUT2D eigenvalue weighted by molar-refractivity contribution is -0.176. The normalized spacial score (nSPS) is 23.9. The molecule has 1 N–H and O–H groups in total. The number of carbonyl (C=O) groups is 1. The average Bonchev–Trinajstić information content (AvgIpc) is 2.16. The predicted molar refractivity (Wildman–Crippen MR) is 55.6 cm³/mol. The van der Waals surface area contributed by atoms with Crippen LogP contribution in [-0.4, -0.2) is 17.7 Å². The molecule has 16 heavy (non-hydrogen) atoms. The molecular weight excluding hydrogens is 211 g/mol. The number of halogens is 1. The summed E-state index contributed by atoms with van der Waals surface area (Å²) in [6.45, 7) is 2.22. The van der Waals surface area contributed by atoms with Crippen LogP contribution in [0.15, 0.2) is 18.2 Å². The number of carboxylic acids is 1. The van der Waals surface area contributed by atoms with Gasteiger partial charge in [0.1, 0.15) is 11.4 Å². The second-order valence-electron chi connectivity index (χ2n) is 4.13. The van der Waals surface area contributed by atoms with E-state index in [1.54, 1.807) is 19.1 Å². The van der Waals surface area contributed by atoms with Gasteiger partial charge >= 0.3 is 5.97 Å². The van der Waals surface area contributed by atoms with Gasteiger partial charge in [0.05, 0.1) is 13.0 Å². The standard InChI is InChI=1S/C12H13FO3/c1-8-6-9(2-3-10(8)13)12(4-5-16-12)7-11(14)15/h2-3,6H,4-5,7H2,1H3,(H,14,15). The number of ether oxygens (including phenoxy) is 1. The van der Waals surface area contributed by atoms with Crippen molar-refractivity contribution in [1.29, 1.82) is 0 Å². The van der Waals surface area contributed by atoms with Crippen molar-refractivity contribution in [2.75, 3.05) is 6.61 Å². The Labute approximate surface area is 92.9 Å². The molecule has 0 saturated carbocycles. The van der Waals surface area contributed by atoms with Gasteiger partial charge < -0.3 is 9.84 Å². The van der Waals surface area contributed by atoms with Gasteiger partial charge in [-0.1, -0.05) is 12.1 Å². The van der Waals surface area contributed by atoms with Crippen LogP contribution in [0.3, 0.4) is 0 Å². The minimum atomic E-state index is -0.901. The molecule has 1 aliphatic rings. The molecule has 0 bridgehead atoms. The lowest BCUT2D eigenvalue weighted by Gasteiger charge is -2.41. The first-order valence-electron chi connectivity index (χ1n) is 5.16. The summed E-state index contributed by atoms with van der Waals surface area (Å²) in [5, 5.41) is 8.85. The zero-order chi connectivity index (χ0) is 11.8. The Morgan fingerprint density at radius 1 is 1.62 bits per heavy atom. The first kappa shape index (κ1) is 11.1. The zero-order valence-corrected chi connectivity index (χ0v) is 9.00. The molecule has 0 aliphatic carbocycles. The van der Waals surface area contributed by atoms with Crippen molar-refractivity contribution in [3.05, 3.63) is 35.1 Å². The molecule has 3 nitrogen and oxygen atoms in total. The number of hydrogen-bond acceptors (Lipinski definition) is 2. The van der Waals surface area contributed by atoms with Crippen LogP contribution in [0.5, 0.6) is 0 Å². The number of hydrogen-bond donors (Lipinski definition) is 1. The zero-order valence-electron chi connectivity index (χ0n) is 9.00. The third kappa shape index (κ3) is 1.80. The predicted octanol–water partition coefficient (Wildman–Crippen LogP) is 2.22. The van der Waals surface area contributed by atoms with E-state index in [0.29, 0.717) is 18.6 Å². The number of aliphatic carboxylic acids is 1. The summed E-state index contributed by atoms with van der Waals surface area (Å²) < 4.78 is 18.5. The van der Waals surface area contributed by atoms with E-state index in [0.717, 1.165) is 5.56 Å². The van der Waals surface area contributed by atoms with Gasteiger partial charge in [-0.2, -0.15) is 0 Å². The molecule has 4 heteroatoms. The van der Waals surface area contributed by atoms with Crippen molar-refractivity contribution >= 4 is 5.97 Å². The van der Waals surface area contributed by atoms with Crippen LogP contribution in [0.25, 0.3) is 0 Å². The summed E-state index contributed by atoms with van der Waals surface area (Å²) in [6.07, 6.45) is 0.600. The number of rotatable bonds is 3. The molecule has 0 amide bonds. The van der Waals surface area contributed by atoms with E-state index in [9.17, 15) is 9.18 Å². The summed E-state index contributed by atoms with van der Waals surface area (Å²) in [5.74, 6) is -1.18. The molecule has 1 aliphatic heterocycles. The van der Waals surface area contributed by atoms with Crippen molar-refractivity contribution in [2.24, 2.45) is 0 Å². The van der Waals surface area contributed by atoms with E-state index >= 15 is 0 Å². The third-order valence-electron chi connectivity index (χ3n) is 3.01. The maximum Gasteiger partial charge on any atom is 0.306 e. The second-order valence-corrected chi connectivity index (χ2v) is 4.13. The maximum absolute atomic E-state index is 13.1. The topological polar surface area (TPSA) is 46.5 Å². The average molecular weight is 224 g/mol. The van der Waals surface area contributed by atoms with Crippen LogP contribution in [-0.2, 0) is 15.1 Å². The second kappa shape index (κ2) is 3.87. The Bertz CT molecular complexity index is 424. The summed E-state index contributed by atoms with van der Waals surface area (Å²) >= 11 is 0. The lowest BCUT2D eigenvalue weighted by atomic mass is 9.83. The Morgan fingerprint density at radius 2 is 2.31 bits per heavy atom. The lowest BCUT2D eigenvalue weighted by Crippen LogP contribution is -2.42. The Morgan fingerprint density at radius 3 is 2.75 bits per heavy atom. The number of aryl methyl sites for hydroxylation is 1. The van der Waals surface area contributed by atoms with Crippen LogP contribution >= 0.6 is 0 Å². The van der Waals surface area contributed by atoms with Gasteiger partial charge in [0.2, 0.25) is 0 Å². The third-order valence-corrected chi connectivity index (χ3v) is 3.01. The fourth-order valence-electron chi connectivity index (χ4n) is 1.99. The highest BCUT2D eigenvalue weighted by Crippen LogP contribution is 2.40. The van der Waals surface area contributed by atoms with E-state index in [-0.39, 0.29) is 12.2 Å². The van der Waals surface area contributed by atoms with Crippen molar-refractivity contribution in [3.8, 4) is 0 Å². The first-order chi connectivity index (χ1) is 7.53.